The molecule has 0 spiro atoms. The summed E-state index contributed by atoms with van der Waals surface area (Å²) < 4.78 is 3.34. The Bertz CT molecular complexity index is 1970. The Morgan fingerprint density at radius 3 is 2.05 bits per heavy atom. The standard InChI is InChI=1S/C29H37.C10H7.C6H4Cl.C5H5.CH2.2ClH.Zr/c1-18-25-22-17-19-13-9-10-14-20(19)24(22)21-15-11-12-16-23(21)29(25,8)28(6,7)27(4,5)26(18,2)3;1-2-6-10-8-4-3-7-9(10)5-1;7-6-4-2-1-3-5-6;1-2-4-5-3-1;;;;/h9-11,13-15,23H,12,16-17H2,1-8H3;1-7H;2-5H;1-3H,4H2;1H2;2*1H;/q4*-1;;;;. The first kappa shape index (κ1) is 46.7. The van der Waals surface area contributed by atoms with Crippen LogP contribution in [0.3, 0.4) is 0 Å². The fourth-order valence-electron chi connectivity index (χ4n) is 9.34. The summed E-state index contributed by atoms with van der Waals surface area (Å²) in [5.41, 5.74) is 10.3. The Morgan fingerprint density at radius 2 is 1.45 bits per heavy atom. The van der Waals surface area contributed by atoms with Crippen LogP contribution in [-0.4, -0.2) is 4.21 Å². The Morgan fingerprint density at radius 1 is 0.800 bits per heavy atom. The summed E-state index contributed by atoms with van der Waals surface area (Å²) in [5, 5.41) is 3.20. The van der Waals surface area contributed by atoms with E-state index in [0.29, 0.717) is 5.92 Å². The van der Waals surface area contributed by atoms with Crippen LogP contribution >= 0.6 is 36.4 Å². The van der Waals surface area contributed by atoms with Gasteiger partial charge in [-0.25, -0.2) is 18.1 Å². The first-order chi connectivity index (χ1) is 25.3. The van der Waals surface area contributed by atoms with Crippen molar-refractivity contribution in [3.63, 3.8) is 0 Å². The maximum absolute atomic E-state index is 5.52. The van der Waals surface area contributed by atoms with E-state index in [4.69, 9.17) is 11.6 Å². The van der Waals surface area contributed by atoms with Crippen LogP contribution in [0.1, 0.15) is 85.8 Å². The van der Waals surface area contributed by atoms with Gasteiger partial charge in [0.1, 0.15) is 0 Å². The molecule has 1 fully saturated rings. The van der Waals surface area contributed by atoms with Gasteiger partial charge >= 0.3 is 28.4 Å². The third-order valence-electron chi connectivity index (χ3n) is 13.6. The zero-order chi connectivity index (χ0) is 38.4. The molecule has 290 valence electrons. The third-order valence-corrected chi connectivity index (χ3v) is 13.9. The third kappa shape index (κ3) is 8.77. The molecule has 1 saturated carbocycles. The summed E-state index contributed by atoms with van der Waals surface area (Å²) in [6, 6.07) is 36.6. The molecule has 4 aromatic carbocycles. The second kappa shape index (κ2) is 19.7. The van der Waals surface area contributed by atoms with Gasteiger partial charge in [-0.3, -0.25) is 6.08 Å². The van der Waals surface area contributed by atoms with E-state index < -0.39 is 0 Å². The van der Waals surface area contributed by atoms with E-state index in [1.807, 2.05) is 36.4 Å². The van der Waals surface area contributed by atoms with E-state index in [-0.39, 0.29) is 46.5 Å². The fraction of sp³-hybridized carbons (Fsp3) is 0.333. The van der Waals surface area contributed by atoms with Crippen LogP contribution in [0.25, 0.3) is 16.3 Å². The van der Waals surface area contributed by atoms with Crippen molar-refractivity contribution in [3.05, 3.63) is 178 Å². The minimum absolute atomic E-state index is 0. The smallest absolute Gasteiger partial charge is 0.0801 e. The molecule has 0 amide bonds. The van der Waals surface area contributed by atoms with E-state index in [9.17, 15) is 0 Å². The molecule has 0 radical (unpaired) electrons. The summed E-state index contributed by atoms with van der Waals surface area (Å²) >= 11 is 6.82. The van der Waals surface area contributed by atoms with Crippen molar-refractivity contribution in [2.45, 2.75) is 81.1 Å². The van der Waals surface area contributed by atoms with Gasteiger partial charge in [0, 0.05) is 0 Å². The SMILES string of the molecule is C[C-]1C2=C3Cc4ccccc4C3=C3C=CCCC3C2(C)C(C)(C)C(C)(C)C1(C)C.Cl.Cl.Clc1cc[c-]cc1.[C-]1=CC=CC1.[CH2]=[Zr].[c-]1cccc2ccccc12. The topological polar surface area (TPSA) is 0 Å². The van der Waals surface area contributed by atoms with Crippen molar-refractivity contribution in [3.8, 4) is 0 Å². The number of allylic oxidation sites excluding steroid dienone is 10. The Labute approximate surface area is 365 Å². The summed E-state index contributed by atoms with van der Waals surface area (Å²) in [4.78, 5) is 0. The van der Waals surface area contributed by atoms with Crippen molar-refractivity contribution in [2.75, 3.05) is 0 Å². The quantitative estimate of drug-likeness (QED) is 0.155. The molecule has 9 rings (SSSR count). The average molecular weight is 868 g/mol. The maximum Gasteiger partial charge on any atom is -0.0801 e. The van der Waals surface area contributed by atoms with Gasteiger partial charge in [0.2, 0.25) is 0 Å². The monoisotopic (exact) mass is 864 g/mol. The first-order valence-electron chi connectivity index (χ1n) is 19.0. The molecule has 0 aromatic heterocycles. The van der Waals surface area contributed by atoms with E-state index >= 15 is 0 Å². The zero-order valence-corrected chi connectivity index (χ0v) is 38.7. The van der Waals surface area contributed by atoms with Crippen molar-refractivity contribution < 1.29 is 24.2 Å². The minimum Gasteiger partial charge on any atom is -0.147 e. The van der Waals surface area contributed by atoms with Crippen molar-refractivity contribution in [1.82, 2.24) is 0 Å². The van der Waals surface area contributed by atoms with Gasteiger partial charge in [-0.15, -0.1) is 96.9 Å². The summed E-state index contributed by atoms with van der Waals surface area (Å²) in [5.74, 6) is 2.24. The van der Waals surface area contributed by atoms with E-state index in [2.05, 4.69) is 139 Å². The van der Waals surface area contributed by atoms with E-state index in [1.165, 1.54) is 59.0 Å². The normalized spacial score (nSPS) is 22.1. The van der Waals surface area contributed by atoms with Gasteiger partial charge in [-0.2, -0.15) is 47.6 Å². The maximum atomic E-state index is 5.52. The summed E-state index contributed by atoms with van der Waals surface area (Å²) in [6.45, 7) is 20.3. The van der Waals surface area contributed by atoms with Crippen LogP contribution < -0.4 is 0 Å². The van der Waals surface area contributed by atoms with Crippen molar-refractivity contribution >= 4 is 57.0 Å². The molecule has 0 saturated heterocycles. The molecule has 2 unspecified atom stereocenters. The molecular formula is C51H57Cl3Zr-4. The van der Waals surface area contributed by atoms with Crippen molar-refractivity contribution in [1.29, 1.82) is 0 Å². The Kier molecular flexibility index (Phi) is 16.7. The first-order valence-corrected chi connectivity index (χ1v) is 21.1. The van der Waals surface area contributed by atoms with Gasteiger partial charge in [0.25, 0.3) is 0 Å². The van der Waals surface area contributed by atoms with E-state index in [1.54, 1.807) is 52.5 Å². The molecule has 4 aromatic rings. The van der Waals surface area contributed by atoms with Gasteiger partial charge < -0.3 is 0 Å². The summed E-state index contributed by atoms with van der Waals surface area (Å²) in [7, 11) is 0. The molecule has 4 heteroatoms. The van der Waals surface area contributed by atoms with Gasteiger partial charge in [0.15, 0.2) is 0 Å². The molecule has 5 aliphatic carbocycles. The number of hydrogen-bond acceptors (Lipinski definition) is 0. The predicted octanol–water partition coefficient (Wildman–Crippen LogP) is 14.9. The molecule has 0 aliphatic heterocycles. The van der Waals surface area contributed by atoms with Crippen LogP contribution in [0.4, 0.5) is 0 Å². The number of rotatable bonds is 0. The van der Waals surface area contributed by atoms with Crippen LogP contribution in [0.5, 0.6) is 0 Å². The largest absolute Gasteiger partial charge is 0.147 e. The fourth-order valence-corrected chi connectivity index (χ4v) is 9.46. The van der Waals surface area contributed by atoms with E-state index in [0.717, 1.165) is 17.9 Å². The molecule has 5 aliphatic rings. The molecule has 0 nitrogen and oxygen atoms in total. The minimum atomic E-state index is 0. The molecule has 0 bridgehead atoms. The zero-order valence-electron chi connectivity index (χ0n) is 33.9. The average Bonchev–Trinajstić information content (AvgIpc) is 3.89. The molecule has 55 heavy (non-hydrogen) atoms. The second-order valence-corrected chi connectivity index (χ2v) is 16.7. The Hall–Kier alpha value is -2.67. The number of hydrogen-bond donors (Lipinski definition) is 0. The van der Waals surface area contributed by atoms with Gasteiger partial charge in [-0.1, -0.05) is 131 Å². The molecular weight excluding hydrogens is 810 g/mol. The number of halogens is 3. The Balaban J connectivity index is 0.000000253. The summed E-state index contributed by atoms with van der Waals surface area (Å²) in [6.07, 6.45) is 18.5. The van der Waals surface area contributed by atoms with Gasteiger partial charge in [-0.05, 0) is 40.6 Å². The number of fused-ring (bicyclic) bond motifs is 7. The molecule has 0 N–H and O–H groups in total. The van der Waals surface area contributed by atoms with Crippen LogP contribution in [-0.2, 0) is 30.7 Å². The van der Waals surface area contributed by atoms with Crippen molar-refractivity contribution in [2.24, 2.45) is 27.6 Å². The number of benzene rings is 4. The predicted molar refractivity (Wildman–Crippen MR) is 241 cm³/mol. The van der Waals surface area contributed by atoms with Crippen LogP contribution in [0.15, 0.2) is 138 Å². The van der Waals surface area contributed by atoms with Crippen LogP contribution in [0, 0.1) is 51.7 Å². The molecule has 0 heterocycles. The second-order valence-electron chi connectivity index (χ2n) is 16.2. The molecule has 2 atom stereocenters. The van der Waals surface area contributed by atoms with Crippen LogP contribution in [0.2, 0.25) is 5.02 Å². The van der Waals surface area contributed by atoms with Gasteiger partial charge in [0.05, 0.1) is 0 Å².